The van der Waals surface area contributed by atoms with Crippen LogP contribution >= 0.6 is 0 Å². The molecule has 0 unspecified atom stereocenters. The van der Waals surface area contributed by atoms with Crippen LogP contribution in [-0.2, 0) is 45.0 Å². The van der Waals surface area contributed by atoms with Crippen molar-refractivity contribution < 1.29 is 49.5 Å². The summed E-state index contributed by atoms with van der Waals surface area (Å²) in [6, 6.07) is 10.3. The van der Waals surface area contributed by atoms with Crippen molar-refractivity contribution in [1.82, 2.24) is 4.90 Å². The molecule has 14 heteroatoms. The number of carbonyl (C=O) groups excluding carboxylic acids is 4. The number of Topliss-reactive ketones (excluding diaryl/α,β-unsaturated/α-hetero) is 2. The fourth-order valence-electron chi connectivity index (χ4n) is 5.40. The van der Waals surface area contributed by atoms with Crippen molar-refractivity contribution in [3.63, 3.8) is 0 Å². The van der Waals surface area contributed by atoms with Gasteiger partial charge in [-0.15, -0.1) is 0 Å². The summed E-state index contributed by atoms with van der Waals surface area (Å²) in [7, 11) is -3.49. The number of hydrogen-bond donors (Lipinski definition) is 0. The molecule has 0 spiro atoms. The van der Waals surface area contributed by atoms with Crippen LogP contribution in [0, 0.1) is 11.6 Å². The topological polar surface area (TPSA) is 109 Å². The van der Waals surface area contributed by atoms with Crippen molar-refractivity contribution in [3.8, 4) is 0 Å². The second-order valence-electron chi connectivity index (χ2n) is 12.2. The summed E-state index contributed by atoms with van der Waals surface area (Å²) in [6.45, 7) is 2.46. The summed E-state index contributed by atoms with van der Waals surface area (Å²) in [6.07, 6.45) is -4.37. The van der Waals surface area contributed by atoms with Crippen molar-refractivity contribution in [1.29, 1.82) is 0 Å². The lowest BCUT2D eigenvalue weighted by Crippen LogP contribution is -2.43. The lowest BCUT2D eigenvalue weighted by Gasteiger charge is -2.28. The lowest BCUT2D eigenvalue weighted by atomic mass is 9.96. The third-order valence-electron chi connectivity index (χ3n) is 8.26. The van der Waals surface area contributed by atoms with Gasteiger partial charge in [0.15, 0.2) is 15.6 Å². The average Bonchev–Trinajstić information content (AvgIpc) is 3.81. The summed E-state index contributed by atoms with van der Waals surface area (Å²) in [5.74, 6) is -4.60. The van der Waals surface area contributed by atoms with Crippen molar-refractivity contribution >= 4 is 39.0 Å². The van der Waals surface area contributed by atoms with E-state index in [9.17, 15) is 49.5 Å². The van der Waals surface area contributed by atoms with Crippen molar-refractivity contribution in [2.24, 2.45) is 0 Å². The number of rotatable bonds is 11. The van der Waals surface area contributed by atoms with Gasteiger partial charge in [-0.1, -0.05) is 30.3 Å². The minimum Gasteiger partial charge on any atom is -0.305 e. The van der Waals surface area contributed by atoms with E-state index >= 15 is 0 Å². The van der Waals surface area contributed by atoms with E-state index in [1.807, 2.05) is 0 Å². The van der Waals surface area contributed by atoms with E-state index in [4.69, 9.17) is 0 Å². The maximum atomic E-state index is 14.3. The van der Waals surface area contributed by atoms with Gasteiger partial charge in [0.05, 0.1) is 16.5 Å². The third-order valence-corrected chi connectivity index (χ3v) is 10.4. The molecule has 1 heterocycles. The van der Waals surface area contributed by atoms with Crippen LogP contribution in [-0.4, -0.2) is 53.4 Å². The molecule has 1 saturated carbocycles. The zero-order chi connectivity index (χ0) is 34.5. The number of benzene rings is 3. The predicted molar refractivity (Wildman–Crippen MR) is 160 cm³/mol. The fraction of sp³-hybridized carbons (Fsp3) is 0.333. The van der Waals surface area contributed by atoms with E-state index < -0.39 is 73.2 Å². The number of amides is 3. The minimum absolute atomic E-state index is 0.114. The van der Waals surface area contributed by atoms with E-state index in [1.165, 1.54) is 44.2 Å². The van der Waals surface area contributed by atoms with Gasteiger partial charge in [-0.25, -0.2) is 26.9 Å². The molecule has 0 aromatic heterocycles. The quantitative estimate of drug-likeness (QED) is 0.143. The predicted octanol–water partition coefficient (Wildman–Crippen LogP) is 5.85. The normalized spacial score (nSPS) is 16.6. The highest BCUT2D eigenvalue weighted by Gasteiger charge is 2.52. The van der Waals surface area contributed by atoms with Crippen LogP contribution in [0.2, 0.25) is 0 Å². The van der Waals surface area contributed by atoms with E-state index in [0.717, 1.165) is 23.1 Å². The summed E-state index contributed by atoms with van der Waals surface area (Å²) in [5, 5.41) is -0.466. The first-order chi connectivity index (χ1) is 21.9. The van der Waals surface area contributed by atoms with Crippen molar-refractivity contribution in [3.05, 3.63) is 100 Å². The second-order valence-corrected chi connectivity index (χ2v) is 14.4. The van der Waals surface area contributed by atoms with Crippen LogP contribution in [0.25, 0.3) is 0 Å². The molecule has 3 aromatic carbocycles. The Bertz CT molecular complexity index is 1890. The number of hydrogen-bond acceptors (Lipinski definition) is 6. The van der Waals surface area contributed by atoms with Gasteiger partial charge < -0.3 is 4.90 Å². The average molecular weight is 677 g/mol. The van der Waals surface area contributed by atoms with Crippen LogP contribution in [0.3, 0.4) is 0 Å². The van der Waals surface area contributed by atoms with E-state index in [1.54, 1.807) is 0 Å². The zero-order valence-corrected chi connectivity index (χ0v) is 26.1. The van der Waals surface area contributed by atoms with Crippen molar-refractivity contribution in [2.45, 2.75) is 63.0 Å². The Morgan fingerprint density at radius 3 is 2.17 bits per heavy atom. The highest BCUT2D eigenvalue weighted by molar-refractivity contribution is 7.93. The third kappa shape index (κ3) is 7.11. The first-order valence-electron chi connectivity index (χ1n) is 14.5. The van der Waals surface area contributed by atoms with Gasteiger partial charge in [0.25, 0.3) is 5.91 Å². The van der Waals surface area contributed by atoms with Crippen molar-refractivity contribution in [2.75, 3.05) is 10.7 Å². The van der Waals surface area contributed by atoms with Gasteiger partial charge >= 0.3 is 12.2 Å². The minimum atomic E-state index is -5.07. The number of ketones is 2. The van der Waals surface area contributed by atoms with Gasteiger partial charge in [-0.2, -0.15) is 13.2 Å². The number of nitrogens with zero attached hydrogens (tertiary/aromatic N) is 2. The molecule has 5 rings (SSSR count). The Kier molecular flexibility index (Phi) is 8.86. The molecule has 2 aliphatic rings. The Morgan fingerprint density at radius 2 is 1.55 bits per heavy atom. The van der Waals surface area contributed by atoms with Crippen LogP contribution in [0.1, 0.15) is 59.3 Å². The van der Waals surface area contributed by atoms with Gasteiger partial charge in [0.1, 0.15) is 28.7 Å². The van der Waals surface area contributed by atoms with Gasteiger partial charge in [-0.05, 0) is 73.7 Å². The highest BCUT2D eigenvalue weighted by Crippen LogP contribution is 2.38. The Balaban J connectivity index is 1.31. The number of carbonyl (C=O) groups is 4. The first-order valence-corrected chi connectivity index (χ1v) is 16.3. The molecule has 3 amide bonds. The van der Waals surface area contributed by atoms with Gasteiger partial charge in [0.2, 0.25) is 0 Å². The van der Waals surface area contributed by atoms with E-state index in [-0.39, 0.29) is 36.3 Å². The summed E-state index contributed by atoms with van der Waals surface area (Å²) >= 11 is 0. The molecule has 1 aliphatic heterocycles. The monoisotopic (exact) mass is 676 g/mol. The summed E-state index contributed by atoms with van der Waals surface area (Å²) < 4.78 is 92.5. The largest absolute Gasteiger partial charge is 0.419 e. The standard InChI is InChI=1S/C33H29F5N2O6S/c1-32(2)30(43)40(24-9-12-28(35)27(16-24)33(36,37)38)31(44)39(32)17-21-7-8-23(34)14-22(21)15-25(41)13-19-3-5-20(6-4-19)29(42)18-47(45,46)26-10-11-26/h3-9,12,14,16,26H,10-11,13,15,17-18H2,1-2H3. The molecule has 0 radical (unpaired) electrons. The zero-order valence-electron chi connectivity index (χ0n) is 25.2. The number of halogens is 5. The maximum absolute atomic E-state index is 14.3. The molecular weight excluding hydrogens is 647 g/mol. The number of imide groups is 1. The van der Waals surface area contributed by atoms with Crippen LogP contribution in [0.15, 0.2) is 60.7 Å². The summed E-state index contributed by atoms with van der Waals surface area (Å²) in [5.41, 5.74) is -2.47. The molecule has 1 saturated heterocycles. The smallest absolute Gasteiger partial charge is 0.305 e. The molecule has 8 nitrogen and oxygen atoms in total. The molecule has 0 N–H and O–H groups in total. The molecule has 0 bridgehead atoms. The van der Waals surface area contributed by atoms with Crippen LogP contribution in [0.5, 0.6) is 0 Å². The first kappa shape index (κ1) is 33.9. The molecular formula is C33H29F5N2O6S. The molecule has 3 aromatic rings. The number of sulfone groups is 1. The number of urea groups is 1. The Morgan fingerprint density at radius 1 is 0.894 bits per heavy atom. The van der Waals surface area contributed by atoms with Gasteiger partial charge in [0, 0.05) is 24.9 Å². The van der Waals surface area contributed by atoms with Gasteiger partial charge in [-0.3, -0.25) is 14.4 Å². The van der Waals surface area contributed by atoms with E-state index in [2.05, 4.69) is 0 Å². The molecule has 2 fully saturated rings. The Hall–Kier alpha value is -4.46. The van der Waals surface area contributed by atoms with Crippen LogP contribution < -0.4 is 4.90 Å². The molecule has 0 atom stereocenters. The number of alkyl halides is 3. The van der Waals surface area contributed by atoms with E-state index in [0.29, 0.717) is 41.0 Å². The number of anilines is 1. The lowest BCUT2D eigenvalue weighted by molar-refractivity contribution is -0.140. The fourth-order valence-corrected chi connectivity index (χ4v) is 7.03. The molecule has 248 valence electrons. The highest BCUT2D eigenvalue weighted by atomic mass is 32.2. The maximum Gasteiger partial charge on any atom is 0.419 e. The van der Waals surface area contributed by atoms with Crippen LogP contribution in [0.4, 0.5) is 32.4 Å². The molecule has 47 heavy (non-hydrogen) atoms. The SMILES string of the molecule is CC1(C)C(=O)N(c2ccc(F)c(C(F)(F)F)c2)C(=O)N1Cc1ccc(F)cc1CC(=O)Cc1ccc(C(=O)CS(=O)(=O)C2CC2)cc1. The Labute approximate surface area is 267 Å². The molecule has 1 aliphatic carbocycles. The summed E-state index contributed by atoms with van der Waals surface area (Å²) in [4.78, 5) is 53.9. The second kappa shape index (κ2) is 12.3.